The van der Waals surface area contributed by atoms with Gasteiger partial charge in [-0.25, -0.2) is 0 Å². The zero-order valence-corrected chi connectivity index (χ0v) is 17.5. The van der Waals surface area contributed by atoms with Crippen molar-refractivity contribution in [3.05, 3.63) is 88.3 Å². The maximum atomic E-state index is 13.1. The molecular formula is C24H18ClNO6. The molecule has 2 aliphatic heterocycles. The maximum absolute atomic E-state index is 13.1. The van der Waals surface area contributed by atoms with Crippen molar-refractivity contribution in [2.75, 3.05) is 13.2 Å². The van der Waals surface area contributed by atoms with Gasteiger partial charge < -0.3 is 23.9 Å². The highest BCUT2D eigenvalue weighted by Crippen LogP contribution is 2.42. The summed E-state index contributed by atoms with van der Waals surface area (Å²) < 4.78 is 16.5. The first kappa shape index (κ1) is 20.2. The fourth-order valence-electron chi connectivity index (χ4n) is 3.98. The van der Waals surface area contributed by atoms with Crippen molar-refractivity contribution in [1.82, 2.24) is 4.90 Å². The van der Waals surface area contributed by atoms with Gasteiger partial charge in [0, 0.05) is 10.6 Å². The molecule has 5 rings (SSSR count). The van der Waals surface area contributed by atoms with Gasteiger partial charge >= 0.3 is 0 Å². The number of nitrogens with zero attached hydrogens (tertiary/aromatic N) is 1. The fraction of sp³-hybridized carbons (Fsp3) is 0.167. The molecule has 1 N–H and O–H groups in total. The Morgan fingerprint density at radius 3 is 2.59 bits per heavy atom. The number of carbonyl (C=O) groups is 2. The van der Waals surface area contributed by atoms with Gasteiger partial charge in [-0.15, -0.1) is 0 Å². The van der Waals surface area contributed by atoms with Gasteiger partial charge in [0.1, 0.15) is 24.7 Å². The Kier molecular flexibility index (Phi) is 5.11. The third-order valence-electron chi connectivity index (χ3n) is 5.43. The van der Waals surface area contributed by atoms with E-state index in [1.165, 1.54) is 11.2 Å². The Morgan fingerprint density at radius 1 is 1.03 bits per heavy atom. The molecule has 8 heteroatoms. The smallest absolute Gasteiger partial charge is 0.296 e. The van der Waals surface area contributed by atoms with E-state index in [1.807, 2.05) is 0 Å². The molecule has 0 bridgehead atoms. The van der Waals surface area contributed by atoms with Crippen LogP contribution >= 0.6 is 11.6 Å². The molecular weight excluding hydrogens is 434 g/mol. The SMILES string of the molecule is O=C1C(=O)N(Cc2ccco2)[C@H](c2cccc(Cl)c2)C1=C(O)c1ccc2c(c1)OCCO2. The van der Waals surface area contributed by atoms with Crippen molar-refractivity contribution in [1.29, 1.82) is 0 Å². The number of carbonyl (C=O) groups excluding carboxylic acids is 2. The molecule has 1 aromatic heterocycles. The molecule has 0 unspecified atom stereocenters. The van der Waals surface area contributed by atoms with Gasteiger partial charge in [-0.2, -0.15) is 0 Å². The zero-order chi connectivity index (χ0) is 22.2. The van der Waals surface area contributed by atoms with E-state index in [-0.39, 0.29) is 17.9 Å². The number of hydrogen-bond acceptors (Lipinski definition) is 6. The largest absolute Gasteiger partial charge is 0.507 e. The van der Waals surface area contributed by atoms with E-state index in [0.29, 0.717) is 46.6 Å². The highest BCUT2D eigenvalue weighted by atomic mass is 35.5. The van der Waals surface area contributed by atoms with Crippen molar-refractivity contribution in [2.24, 2.45) is 0 Å². The molecule has 0 saturated carbocycles. The standard InChI is InChI=1S/C24H18ClNO6/c25-16-4-1-3-14(11-16)21-20(23(28)24(29)26(21)13-17-5-2-8-30-17)22(27)15-6-7-18-19(12-15)32-10-9-31-18/h1-8,11-12,21,27H,9-10,13H2/t21-/m1/s1. The van der Waals surface area contributed by atoms with E-state index in [4.69, 9.17) is 25.5 Å². The lowest BCUT2D eigenvalue weighted by molar-refractivity contribution is -0.140. The third-order valence-corrected chi connectivity index (χ3v) is 5.66. The number of furan rings is 1. The predicted molar refractivity (Wildman–Crippen MR) is 115 cm³/mol. The molecule has 0 spiro atoms. The first-order valence-corrected chi connectivity index (χ1v) is 10.4. The number of Topliss-reactive ketones (excluding diaryl/α,β-unsaturated/α-hetero) is 1. The Bertz CT molecular complexity index is 1230. The van der Waals surface area contributed by atoms with Crippen LogP contribution in [-0.2, 0) is 16.1 Å². The summed E-state index contributed by atoms with van der Waals surface area (Å²) in [6, 6.07) is 14.3. The lowest BCUT2D eigenvalue weighted by Gasteiger charge is -2.25. The van der Waals surface area contributed by atoms with Gasteiger partial charge in [-0.3, -0.25) is 9.59 Å². The van der Waals surface area contributed by atoms with Gasteiger partial charge in [0.15, 0.2) is 11.5 Å². The summed E-state index contributed by atoms with van der Waals surface area (Å²) in [5.41, 5.74) is 0.917. The molecule has 3 aromatic rings. The number of halogens is 1. The second-order valence-electron chi connectivity index (χ2n) is 7.42. The van der Waals surface area contributed by atoms with Crippen molar-refractivity contribution in [3.63, 3.8) is 0 Å². The topological polar surface area (TPSA) is 89.2 Å². The molecule has 2 aliphatic rings. The lowest BCUT2D eigenvalue weighted by atomic mass is 9.95. The highest BCUT2D eigenvalue weighted by molar-refractivity contribution is 6.46. The van der Waals surface area contributed by atoms with Gasteiger partial charge in [-0.1, -0.05) is 23.7 Å². The number of fused-ring (bicyclic) bond motifs is 1. The molecule has 32 heavy (non-hydrogen) atoms. The van der Waals surface area contributed by atoms with Crippen LogP contribution in [0.2, 0.25) is 5.02 Å². The summed E-state index contributed by atoms with van der Waals surface area (Å²) >= 11 is 6.19. The average Bonchev–Trinajstić information content (AvgIpc) is 3.41. The normalized spacial score (nSPS) is 19.4. The second kappa shape index (κ2) is 8.09. The number of benzene rings is 2. The molecule has 3 heterocycles. The molecule has 1 atom stereocenters. The van der Waals surface area contributed by atoms with Crippen LogP contribution < -0.4 is 9.47 Å². The summed E-state index contributed by atoms with van der Waals surface area (Å²) in [7, 11) is 0. The minimum Gasteiger partial charge on any atom is -0.507 e. The Hall–Kier alpha value is -3.71. The van der Waals surface area contributed by atoms with Crippen LogP contribution in [0.1, 0.15) is 22.9 Å². The third kappa shape index (κ3) is 3.50. The molecule has 162 valence electrons. The summed E-state index contributed by atoms with van der Waals surface area (Å²) in [5.74, 6) is -0.285. The Balaban J connectivity index is 1.64. The number of amides is 1. The monoisotopic (exact) mass is 451 g/mol. The van der Waals surface area contributed by atoms with E-state index in [9.17, 15) is 14.7 Å². The molecule has 1 saturated heterocycles. The molecule has 0 aliphatic carbocycles. The van der Waals surface area contributed by atoms with Crippen molar-refractivity contribution >= 4 is 29.1 Å². The van der Waals surface area contributed by atoms with Crippen LogP contribution in [0.3, 0.4) is 0 Å². The van der Waals surface area contributed by atoms with Crippen LogP contribution in [0.4, 0.5) is 0 Å². The summed E-state index contributed by atoms with van der Waals surface area (Å²) in [6.07, 6.45) is 1.50. The van der Waals surface area contributed by atoms with E-state index < -0.39 is 17.7 Å². The first-order chi connectivity index (χ1) is 15.5. The molecule has 1 amide bonds. The van der Waals surface area contributed by atoms with E-state index in [2.05, 4.69) is 0 Å². The number of ketones is 1. The summed E-state index contributed by atoms with van der Waals surface area (Å²) in [5, 5.41) is 11.6. The fourth-order valence-corrected chi connectivity index (χ4v) is 4.18. The maximum Gasteiger partial charge on any atom is 0.296 e. The van der Waals surface area contributed by atoms with Crippen LogP contribution in [0.25, 0.3) is 5.76 Å². The number of aliphatic hydroxyl groups is 1. The average molecular weight is 452 g/mol. The zero-order valence-electron chi connectivity index (χ0n) is 16.8. The number of hydrogen-bond donors (Lipinski definition) is 1. The number of likely N-dealkylation sites (tertiary alicyclic amines) is 1. The van der Waals surface area contributed by atoms with Crippen LogP contribution in [-0.4, -0.2) is 34.9 Å². The van der Waals surface area contributed by atoms with E-state index in [0.717, 1.165) is 0 Å². The molecule has 7 nitrogen and oxygen atoms in total. The minimum absolute atomic E-state index is 0.0273. The number of aliphatic hydroxyl groups excluding tert-OH is 1. The van der Waals surface area contributed by atoms with Crippen molar-refractivity contribution in [3.8, 4) is 11.5 Å². The lowest BCUT2D eigenvalue weighted by Crippen LogP contribution is -2.29. The summed E-state index contributed by atoms with van der Waals surface area (Å²) in [4.78, 5) is 27.5. The summed E-state index contributed by atoms with van der Waals surface area (Å²) in [6.45, 7) is 0.880. The molecule has 0 radical (unpaired) electrons. The van der Waals surface area contributed by atoms with Crippen molar-refractivity contribution in [2.45, 2.75) is 12.6 Å². The van der Waals surface area contributed by atoms with Gasteiger partial charge in [0.05, 0.1) is 24.4 Å². The molecule has 2 aromatic carbocycles. The number of rotatable bonds is 4. The number of ether oxygens (including phenoxy) is 2. The van der Waals surface area contributed by atoms with Crippen LogP contribution in [0, 0.1) is 0 Å². The highest BCUT2D eigenvalue weighted by Gasteiger charge is 2.46. The molecule has 1 fully saturated rings. The van der Waals surface area contributed by atoms with Gasteiger partial charge in [0.25, 0.3) is 11.7 Å². The van der Waals surface area contributed by atoms with Crippen molar-refractivity contribution < 1.29 is 28.6 Å². The quantitative estimate of drug-likeness (QED) is 0.361. The van der Waals surface area contributed by atoms with Gasteiger partial charge in [0.2, 0.25) is 0 Å². The van der Waals surface area contributed by atoms with E-state index in [1.54, 1.807) is 54.6 Å². The van der Waals surface area contributed by atoms with E-state index >= 15 is 0 Å². The Labute approximate surface area is 188 Å². The van der Waals surface area contributed by atoms with Crippen LogP contribution in [0.5, 0.6) is 11.5 Å². The second-order valence-corrected chi connectivity index (χ2v) is 7.86. The van der Waals surface area contributed by atoms with Gasteiger partial charge in [-0.05, 0) is 48.0 Å². The predicted octanol–water partition coefficient (Wildman–Crippen LogP) is 4.33. The Morgan fingerprint density at radius 2 is 1.84 bits per heavy atom. The minimum atomic E-state index is -0.841. The first-order valence-electron chi connectivity index (χ1n) is 9.99. The van der Waals surface area contributed by atoms with Crippen LogP contribution in [0.15, 0.2) is 70.9 Å².